The Morgan fingerprint density at radius 1 is 1.17 bits per heavy atom. The van der Waals surface area contributed by atoms with Gasteiger partial charge in [0.15, 0.2) is 0 Å². The van der Waals surface area contributed by atoms with E-state index in [0.29, 0.717) is 5.92 Å². The van der Waals surface area contributed by atoms with Gasteiger partial charge in [-0.25, -0.2) is 0 Å². The highest BCUT2D eigenvalue weighted by molar-refractivity contribution is 7.85. The highest BCUT2D eigenvalue weighted by atomic mass is 32.2. The lowest BCUT2D eigenvalue weighted by Crippen LogP contribution is -2.16. The van der Waals surface area contributed by atoms with Crippen LogP contribution < -0.4 is 4.74 Å². The molecule has 0 aromatic heterocycles. The first-order valence-corrected chi connectivity index (χ1v) is 9.62. The van der Waals surface area contributed by atoms with Crippen LogP contribution in [-0.2, 0) is 29.4 Å². The van der Waals surface area contributed by atoms with Gasteiger partial charge in [-0.15, -0.1) is 0 Å². The monoisotopic (exact) mass is 346 g/mol. The number of fused-ring (bicyclic) bond motifs is 1. The first-order chi connectivity index (χ1) is 11.5. The summed E-state index contributed by atoms with van der Waals surface area (Å²) in [6, 6.07) is 12.7. The maximum atomic E-state index is 11.1. The van der Waals surface area contributed by atoms with E-state index in [0.717, 1.165) is 37.0 Å². The lowest BCUT2D eigenvalue weighted by molar-refractivity contribution is 0.383. The molecule has 4 nitrogen and oxygen atoms in total. The van der Waals surface area contributed by atoms with Crippen molar-refractivity contribution in [2.24, 2.45) is 5.92 Å². The molecule has 1 aliphatic rings. The van der Waals surface area contributed by atoms with Crippen molar-refractivity contribution < 1.29 is 17.7 Å². The fourth-order valence-electron chi connectivity index (χ4n) is 3.46. The maximum Gasteiger partial charge on any atom is 0.294 e. The zero-order chi connectivity index (χ0) is 17.2. The van der Waals surface area contributed by atoms with Crippen molar-refractivity contribution >= 4 is 10.1 Å². The van der Waals surface area contributed by atoms with Crippen LogP contribution in [0.3, 0.4) is 0 Å². The molecule has 0 spiro atoms. The summed E-state index contributed by atoms with van der Waals surface area (Å²) in [5, 5.41) is 0. The third-order valence-corrected chi connectivity index (χ3v) is 5.70. The molecule has 1 atom stereocenters. The molecule has 0 aliphatic heterocycles. The summed E-state index contributed by atoms with van der Waals surface area (Å²) in [5.74, 6) is 1.59. The number of benzene rings is 2. The molecule has 128 valence electrons. The highest BCUT2D eigenvalue weighted by Crippen LogP contribution is 2.34. The standard InChI is InChI=1S/C19H22O4S/c1-23-19-4-2-3-16-10-7-15(13-18(16)19)6-5-14-8-11-17(12-9-14)24(20,21)22/h2-4,8-9,11-12,15H,5-7,10,13H2,1H3,(H,20,21,22). The van der Waals surface area contributed by atoms with E-state index in [1.165, 1.54) is 29.7 Å². The molecule has 0 radical (unpaired) electrons. The number of hydrogen-bond acceptors (Lipinski definition) is 3. The Kier molecular flexibility index (Phi) is 4.92. The molecule has 24 heavy (non-hydrogen) atoms. The number of rotatable bonds is 5. The number of hydrogen-bond donors (Lipinski definition) is 1. The van der Waals surface area contributed by atoms with Crippen LogP contribution in [0, 0.1) is 5.92 Å². The smallest absolute Gasteiger partial charge is 0.294 e. The fourth-order valence-corrected chi connectivity index (χ4v) is 3.94. The topological polar surface area (TPSA) is 63.6 Å². The van der Waals surface area contributed by atoms with Gasteiger partial charge in [0.1, 0.15) is 5.75 Å². The third-order valence-electron chi connectivity index (χ3n) is 4.83. The number of aryl methyl sites for hydroxylation is 2. The first kappa shape index (κ1) is 17.0. The molecule has 2 aromatic rings. The van der Waals surface area contributed by atoms with Gasteiger partial charge in [0.2, 0.25) is 0 Å². The van der Waals surface area contributed by atoms with Gasteiger partial charge >= 0.3 is 0 Å². The summed E-state index contributed by atoms with van der Waals surface area (Å²) < 4.78 is 36.6. The van der Waals surface area contributed by atoms with E-state index in [9.17, 15) is 8.42 Å². The zero-order valence-electron chi connectivity index (χ0n) is 13.7. The predicted octanol–water partition coefficient (Wildman–Crippen LogP) is 3.68. The molecular weight excluding hydrogens is 324 g/mol. The Morgan fingerprint density at radius 2 is 1.92 bits per heavy atom. The fraction of sp³-hybridized carbons (Fsp3) is 0.368. The molecule has 0 fully saturated rings. The quantitative estimate of drug-likeness (QED) is 0.839. The van der Waals surface area contributed by atoms with Crippen LogP contribution in [0.15, 0.2) is 47.4 Å². The summed E-state index contributed by atoms with van der Waals surface area (Å²) in [6.07, 6.45) is 5.24. The second-order valence-electron chi connectivity index (χ2n) is 6.36. The van der Waals surface area contributed by atoms with Crippen LogP contribution in [0.25, 0.3) is 0 Å². The summed E-state index contributed by atoms with van der Waals surface area (Å²) in [5.41, 5.74) is 3.81. The molecule has 0 bridgehead atoms. The van der Waals surface area contributed by atoms with Crippen molar-refractivity contribution in [3.05, 3.63) is 59.2 Å². The van der Waals surface area contributed by atoms with Gasteiger partial charge in [0, 0.05) is 0 Å². The van der Waals surface area contributed by atoms with E-state index in [2.05, 4.69) is 12.1 Å². The molecular formula is C19H22O4S. The summed E-state index contributed by atoms with van der Waals surface area (Å²) in [7, 11) is -2.39. The van der Waals surface area contributed by atoms with Crippen LogP contribution in [-0.4, -0.2) is 20.1 Å². The third kappa shape index (κ3) is 3.79. The minimum atomic E-state index is -4.11. The predicted molar refractivity (Wildman–Crippen MR) is 93.1 cm³/mol. The SMILES string of the molecule is COc1cccc2c1CC(CCc1ccc(S(=O)(=O)O)cc1)CC2. The molecule has 3 rings (SSSR count). The average molecular weight is 346 g/mol. The van der Waals surface area contributed by atoms with Crippen molar-refractivity contribution in [3.63, 3.8) is 0 Å². The highest BCUT2D eigenvalue weighted by Gasteiger charge is 2.21. The van der Waals surface area contributed by atoms with Crippen molar-refractivity contribution in [2.75, 3.05) is 7.11 Å². The Morgan fingerprint density at radius 3 is 2.58 bits per heavy atom. The Labute approximate surface area is 143 Å². The minimum Gasteiger partial charge on any atom is -0.496 e. The van der Waals surface area contributed by atoms with Gasteiger partial charge in [-0.2, -0.15) is 8.42 Å². The van der Waals surface area contributed by atoms with Gasteiger partial charge in [0.05, 0.1) is 12.0 Å². The van der Waals surface area contributed by atoms with Crippen molar-refractivity contribution in [1.82, 2.24) is 0 Å². The van der Waals surface area contributed by atoms with Gasteiger partial charge < -0.3 is 4.74 Å². The van der Waals surface area contributed by atoms with Crippen LogP contribution in [0.4, 0.5) is 0 Å². The molecule has 5 heteroatoms. The number of ether oxygens (including phenoxy) is 1. The van der Waals surface area contributed by atoms with E-state index in [1.54, 1.807) is 19.2 Å². The second-order valence-corrected chi connectivity index (χ2v) is 7.79. The lowest BCUT2D eigenvalue weighted by atomic mass is 9.80. The van der Waals surface area contributed by atoms with Gasteiger partial charge in [-0.3, -0.25) is 4.55 Å². The van der Waals surface area contributed by atoms with Crippen molar-refractivity contribution in [3.8, 4) is 5.75 Å². The van der Waals surface area contributed by atoms with E-state index in [-0.39, 0.29) is 4.90 Å². The Balaban J connectivity index is 1.64. The molecule has 0 amide bonds. The normalized spacial score (nSPS) is 17.3. The second kappa shape index (κ2) is 6.95. The van der Waals surface area contributed by atoms with E-state index in [1.807, 2.05) is 6.07 Å². The van der Waals surface area contributed by atoms with Crippen LogP contribution in [0.5, 0.6) is 5.75 Å². The Hall–Kier alpha value is -1.85. The largest absolute Gasteiger partial charge is 0.496 e. The summed E-state index contributed by atoms with van der Waals surface area (Å²) in [6.45, 7) is 0. The van der Waals surface area contributed by atoms with Crippen LogP contribution >= 0.6 is 0 Å². The maximum absolute atomic E-state index is 11.1. The Bertz CT molecular complexity index is 796. The molecule has 1 N–H and O–H groups in total. The minimum absolute atomic E-state index is 0.0532. The van der Waals surface area contributed by atoms with E-state index in [4.69, 9.17) is 9.29 Å². The summed E-state index contributed by atoms with van der Waals surface area (Å²) in [4.78, 5) is -0.0532. The van der Waals surface area contributed by atoms with Crippen molar-refractivity contribution in [2.45, 2.75) is 37.0 Å². The molecule has 1 aliphatic carbocycles. The average Bonchev–Trinajstić information content (AvgIpc) is 2.59. The summed E-state index contributed by atoms with van der Waals surface area (Å²) >= 11 is 0. The lowest BCUT2D eigenvalue weighted by Gasteiger charge is -2.26. The van der Waals surface area contributed by atoms with Gasteiger partial charge in [0.25, 0.3) is 10.1 Å². The molecule has 0 heterocycles. The molecule has 0 saturated carbocycles. The number of methoxy groups -OCH3 is 1. The van der Waals surface area contributed by atoms with E-state index < -0.39 is 10.1 Å². The van der Waals surface area contributed by atoms with E-state index >= 15 is 0 Å². The zero-order valence-corrected chi connectivity index (χ0v) is 14.6. The van der Waals surface area contributed by atoms with Gasteiger partial charge in [-0.05, 0) is 72.9 Å². The molecule has 2 aromatic carbocycles. The first-order valence-electron chi connectivity index (χ1n) is 8.18. The van der Waals surface area contributed by atoms with Crippen molar-refractivity contribution in [1.29, 1.82) is 0 Å². The molecule has 0 saturated heterocycles. The van der Waals surface area contributed by atoms with Crippen LogP contribution in [0.1, 0.15) is 29.5 Å². The van der Waals surface area contributed by atoms with Gasteiger partial charge in [-0.1, -0.05) is 24.3 Å². The molecule has 1 unspecified atom stereocenters. The van der Waals surface area contributed by atoms with Crippen LogP contribution in [0.2, 0.25) is 0 Å².